The fourth-order valence-electron chi connectivity index (χ4n) is 4.30. The predicted octanol–water partition coefficient (Wildman–Crippen LogP) is 3.24. The number of hydrogen-bond acceptors (Lipinski definition) is 6. The third-order valence-electron chi connectivity index (χ3n) is 6.14. The number of piperazine rings is 1. The third-order valence-corrected chi connectivity index (χ3v) is 7.81. The summed E-state index contributed by atoms with van der Waals surface area (Å²) >= 11 is 12.7. The molecule has 9 nitrogen and oxygen atoms in total. The van der Waals surface area contributed by atoms with E-state index in [1.165, 1.54) is 4.31 Å². The van der Waals surface area contributed by atoms with Crippen molar-refractivity contribution in [2.75, 3.05) is 36.4 Å². The van der Waals surface area contributed by atoms with Gasteiger partial charge in [-0.1, -0.05) is 41.4 Å². The van der Waals surface area contributed by atoms with Crippen LogP contribution in [0.5, 0.6) is 0 Å². The first-order valence-electron chi connectivity index (χ1n) is 11.1. The number of amides is 1. The highest BCUT2D eigenvalue weighted by atomic mass is 35.5. The number of benzodiazepines with no additional fused rings is 1. The Morgan fingerprint density at radius 2 is 1.75 bits per heavy atom. The van der Waals surface area contributed by atoms with Crippen LogP contribution in [0, 0.1) is 0 Å². The van der Waals surface area contributed by atoms with Crippen molar-refractivity contribution in [2.24, 2.45) is 10.1 Å². The molecule has 0 aliphatic carbocycles. The van der Waals surface area contributed by atoms with Gasteiger partial charge in [0.15, 0.2) is 6.04 Å². The van der Waals surface area contributed by atoms with Crippen LogP contribution in [0.4, 0.5) is 11.5 Å². The zero-order chi connectivity index (χ0) is 25.4. The number of aliphatic imine (C=N–C) groups is 1. The number of anilines is 2. The van der Waals surface area contributed by atoms with Gasteiger partial charge < -0.3 is 10.2 Å². The third kappa shape index (κ3) is 4.95. The van der Waals surface area contributed by atoms with Gasteiger partial charge in [-0.3, -0.25) is 9.79 Å². The summed E-state index contributed by atoms with van der Waals surface area (Å²) in [5.74, 6) is 0.393. The van der Waals surface area contributed by atoms with Crippen LogP contribution in [0.15, 0.2) is 65.8 Å². The molecule has 5 rings (SSSR count). The molecule has 1 aromatic heterocycles. The molecule has 3 heterocycles. The molecule has 1 atom stereocenters. The maximum absolute atomic E-state index is 13.2. The molecule has 1 saturated heterocycles. The van der Waals surface area contributed by atoms with E-state index < -0.39 is 16.3 Å². The Bertz CT molecular complexity index is 1450. The summed E-state index contributed by atoms with van der Waals surface area (Å²) in [5.41, 5.74) is 3.08. The van der Waals surface area contributed by atoms with Gasteiger partial charge in [0.1, 0.15) is 5.82 Å². The van der Waals surface area contributed by atoms with Gasteiger partial charge in [-0.05, 0) is 36.4 Å². The van der Waals surface area contributed by atoms with Gasteiger partial charge in [-0.15, -0.1) is 0 Å². The summed E-state index contributed by atoms with van der Waals surface area (Å²) in [4.78, 5) is 24.6. The van der Waals surface area contributed by atoms with Crippen molar-refractivity contribution in [3.8, 4) is 0 Å². The van der Waals surface area contributed by atoms with Gasteiger partial charge in [-0.2, -0.15) is 12.7 Å². The highest BCUT2D eigenvalue weighted by molar-refractivity contribution is 7.86. The SMILES string of the molecule is NS(=O)(=O)N1CCN(c2ccc(C3=NC(c4ccccc4Cl)C(=O)Nc4ccc(Cl)cc43)cn2)CC1. The minimum atomic E-state index is -3.71. The summed E-state index contributed by atoms with van der Waals surface area (Å²) in [6.07, 6.45) is 1.68. The summed E-state index contributed by atoms with van der Waals surface area (Å²) in [6.45, 7) is 1.51. The van der Waals surface area contributed by atoms with Crippen molar-refractivity contribution in [3.05, 3.63) is 87.5 Å². The lowest BCUT2D eigenvalue weighted by atomic mass is 10.0. The zero-order valence-electron chi connectivity index (χ0n) is 18.9. The van der Waals surface area contributed by atoms with Gasteiger partial charge in [0.2, 0.25) is 0 Å². The van der Waals surface area contributed by atoms with Gasteiger partial charge >= 0.3 is 0 Å². The number of carbonyl (C=O) groups is 1. The van der Waals surface area contributed by atoms with Crippen molar-refractivity contribution >= 4 is 56.5 Å². The summed E-state index contributed by atoms with van der Waals surface area (Å²) < 4.78 is 24.4. The number of pyridine rings is 1. The average molecular weight is 545 g/mol. The molecule has 12 heteroatoms. The summed E-state index contributed by atoms with van der Waals surface area (Å²) in [5, 5.41) is 9.12. The Balaban J connectivity index is 1.51. The molecule has 2 aliphatic rings. The average Bonchev–Trinajstić information content (AvgIpc) is 3.00. The van der Waals surface area contributed by atoms with Crippen LogP contribution >= 0.6 is 23.2 Å². The van der Waals surface area contributed by atoms with E-state index in [0.29, 0.717) is 57.0 Å². The maximum atomic E-state index is 13.2. The van der Waals surface area contributed by atoms with Crippen molar-refractivity contribution in [1.29, 1.82) is 0 Å². The topological polar surface area (TPSA) is 121 Å². The van der Waals surface area contributed by atoms with Crippen molar-refractivity contribution in [2.45, 2.75) is 6.04 Å². The fraction of sp³-hybridized carbons (Fsp3) is 0.208. The Morgan fingerprint density at radius 1 is 1.00 bits per heavy atom. The number of nitrogens with two attached hydrogens (primary N) is 1. The Labute approximate surface area is 218 Å². The second kappa shape index (κ2) is 9.79. The van der Waals surface area contributed by atoms with Crippen molar-refractivity contribution in [1.82, 2.24) is 9.29 Å². The van der Waals surface area contributed by atoms with E-state index in [0.717, 1.165) is 0 Å². The highest BCUT2D eigenvalue weighted by Gasteiger charge is 2.29. The normalized spacial score (nSPS) is 18.8. The first-order valence-corrected chi connectivity index (χ1v) is 13.4. The van der Waals surface area contributed by atoms with E-state index in [-0.39, 0.29) is 19.0 Å². The van der Waals surface area contributed by atoms with Crippen LogP contribution in [-0.4, -0.2) is 55.5 Å². The molecule has 0 radical (unpaired) electrons. The number of nitrogens with one attached hydrogen (secondary N) is 1. The molecule has 1 fully saturated rings. The molecular weight excluding hydrogens is 523 g/mol. The van der Waals surface area contributed by atoms with E-state index in [4.69, 9.17) is 33.3 Å². The van der Waals surface area contributed by atoms with Gasteiger partial charge in [0.05, 0.1) is 11.4 Å². The van der Waals surface area contributed by atoms with Crippen LogP contribution < -0.4 is 15.4 Å². The second-order valence-corrected chi connectivity index (χ2v) is 10.8. The van der Waals surface area contributed by atoms with E-state index in [2.05, 4.69) is 10.3 Å². The lowest BCUT2D eigenvalue weighted by Gasteiger charge is -2.33. The lowest BCUT2D eigenvalue weighted by molar-refractivity contribution is -0.117. The standard InChI is InChI=1S/C24H22Cl2N6O3S/c25-16-6-7-20-18(13-16)22(30-23(24(33)29-20)17-3-1-2-4-19(17)26)15-5-8-21(28-14-15)31-9-11-32(12-10-31)36(27,34)35/h1-8,13-14,23H,9-12H2,(H,29,33)(H2,27,34,35). The number of nitrogens with zero attached hydrogens (tertiary/aromatic N) is 4. The Kier molecular flexibility index (Phi) is 6.71. The summed E-state index contributed by atoms with van der Waals surface area (Å²) in [7, 11) is -3.71. The molecule has 36 heavy (non-hydrogen) atoms. The fourth-order valence-corrected chi connectivity index (χ4v) is 5.39. The molecule has 3 N–H and O–H groups in total. The second-order valence-electron chi connectivity index (χ2n) is 8.42. The molecule has 0 bridgehead atoms. The largest absolute Gasteiger partial charge is 0.354 e. The quantitative estimate of drug-likeness (QED) is 0.522. The van der Waals surface area contributed by atoms with E-state index in [1.807, 2.05) is 23.1 Å². The molecule has 1 amide bonds. The molecular formula is C24H22Cl2N6O3S. The predicted molar refractivity (Wildman–Crippen MR) is 141 cm³/mol. The molecule has 1 unspecified atom stereocenters. The monoisotopic (exact) mass is 544 g/mol. The smallest absolute Gasteiger partial charge is 0.277 e. The van der Waals surface area contributed by atoms with Crippen LogP contribution in [0.2, 0.25) is 10.0 Å². The Hall–Kier alpha value is -3.02. The first kappa shape index (κ1) is 24.7. The first-order chi connectivity index (χ1) is 17.2. The lowest BCUT2D eigenvalue weighted by Crippen LogP contribution is -2.50. The van der Waals surface area contributed by atoms with Crippen LogP contribution in [0.1, 0.15) is 22.7 Å². The molecule has 0 spiro atoms. The number of rotatable bonds is 4. The molecule has 2 aliphatic heterocycles. The molecule has 0 saturated carbocycles. The number of benzene rings is 2. The van der Waals surface area contributed by atoms with Crippen molar-refractivity contribution < 1.29 is 13.2 Å². The molecule has 186 valence electrons. The maximum Gasteiger partial charge on any atom is 0.277 e. The van der Waals surface area contributed by atoms with Crippen LogP contribution in [-0.2, 0) is 15.0 Å². The number of halogens is 2. The molecule has 2 aromatic carbocycles. The minimum Gasteiger partial charge on any atom is -0.354 e. The van der Waals surface area contributed by atoms with Crippen molar-refractivity contribution in [3.63, 3.8) is 0 Å². The minimum absolute atomic E-state index is 0.286. The summed E-state index contributed by atoms with van der Waals surface area (Å²) in [6, 6.07) is 15.2. The van der Waals surface area contributed by atoms with Gasteiger partial charge in [0, 0.05) is 59.1 Å². The van der Waals surface area contributed by atoms with Gasteiger partial charge in [-0.25, -0.2) is 10.1 Å². The number of carbonyl (C=O) groups excluding carboxylic acids is 1. The zero-order valence-corrected chi connectivity index (χ0v) is 21.3. The highest BCUT2D eigenvalue weighted by Crippen LogP contribution is 2.34. The van der Waals surface area contributed by atoms with Crippen LogP contribution in [0.25, 0.3) is 0 Å². The number of fused-ring (bicyclic) bond motifs is 1. The van der Waals surface area contributed by atoms with E-state index >= 15 is 0 Å². The van der Waals surface area contributed by atoms with Crippen LogP contribution in [0.3, 0.4) is 0 Å². The number of hydrogen-bond donors (Lipinski definition) is 2. The van der Waals surface area contributed by atoms with E-state index in [9.17, 15) is 13.2 Å². The Morgan fingerprint density at radius 3 is 2.42 bits per heavy atom. The van der Waals surface area contributed by atoms with E-state index in [1.54, 1.807) is 42.6 Å². The van der Waals surface area contributed by atoms with Gasteiger partial charge in [0.25, 0.3) is 16.1 Å². The number of aromatic nitrogens is 1. The molecule has 3 aromatic rings.